The van der Waals surface area contributed by atoms with E-state index in [2.05, 4.69) is 5.32 Å². The highest BCUT2D eigenvalue weighted by molar-refractivity contribution is 7.92. The molecule has 0 aromatic heterocycles. The number of sulfonamides is 1. The number of anilines is 1. The van der Waals surface area contributed by atoms with Gasteiger partial charge in [-0.15, -0.1) is 0 Å². The van der Waals surface area contributed by atoms with Gasteiger partial charge in [-0.1, -0.05) is 55.5 Å². The second-order valence-electron chi connectivity index (χ2n) is 10.4. The maximum Gasteiger partial charge on any atom is 0.264 e. The minimum absolute atomic E-state index is 0.0591. The topological polar surface area (TPSA) is 96.0 Å². The van der Waals surface area contributed by atoms with Crippen molar-refractivity contribution in [1.29, 1.82) is 0 Å². The number of hydrogen-bond donors (Lipinski definition) is 1. The SMILES string of the molecule is CCOc1ccc(N(CC(=O)N(Cc2ccccc2)[C@@H](CC)C(=O)NC(C)(C)C)S(=O)(=O)c2ccccc2)cc1. The fraction of sp³-hybridized carbons (Fsp3) is 0.355. The first-order chi connectivity index (χ1) is 19.0. The molecule has 40 heavy (non-hydrogen) atoms. The molecule has 8 nitrogen and oxygen atoms in total. The largest absolute Gasteiger partial charge is 0.494 e. The molecular weight excluding hydrogens is 526 g/mol. The molecule has 0 saturated carbocycles. The number of rotatable bonds is 12. The first-order valence-electron chi connectivity index (χ1n) is 13.4. The number of benzene rings is 3. The first kappa shape index (κ1) is 30.7. The average Bonchev–Trinajstić information content (AvgIpc) is 2.92. The number of ether oxygens (including phenoxy) is 1. The lowest BCUT2D eigenvalue weighted by Crippen LogP contribution is -2.55. The molecule has 0 saturated heterocycles. The lowest BCUT2D eigenvalue weighted by atomic mass is 10.1. The van der Waals surface area contributed by atoms with E-state index in [1.54, 1.807) is 42.5 Å². The highest BCUT2D eigenvalue weighted by Gasteiger charge is 2.34. The van der Waals surface area contributed by atoms with Gasteiger partial charge in [-0.2, -0.15) is 0 Å². The van der Waals surface area contributed by atoms with Gasteiger partial charge in [0.25, 0.3) is 10.0 Å². The van der Waals surface area contributed by atoms with Crippen LogP contribution in [0.1, 0.15) is 46.6 Å². The smallest absolute Gasteiger partial charge is 0.264 e. The minimum atomic E-state index is -4.12. The van der Waals surface area contributed by atoms with Crippen molar-refractivity contribution >= 4 is 27.5 Å². The molecule has 0 fully saturated rings. The normalized spacial score (nSPS) is 12.3. The average molecular weight is 566 g/mol. The van der Waals surface area contributed by atoms with Crippen LogP contribution in [0, 0.1) is 0 Å². The molecule has 0 spiro atoms. The minimum Gasteiger partial charge on any atom is -0.494 e. The fourth-order valence-corrected chi connectivity index (χ4v) is 5.71. The van der Waals surface area contributed by atoms with Crippen molar-refractivity contribution in [2.45, 2.75) is 64.1 Å². The molecule has 0 radical (unpaired) electrons. The van der Waals surface area contributed by atoms with Crippen molar-refractivity contribution in [3.8, 4) is 5.75 Å². The van der Waals surface area contributed by atoms with Gasteiger partial charge in [0.1, 0.15) is 18.3 Å². The summed E-state index contributed by atoms with van der Waals surface area (Å²) < 4.78 is 34.3. The molecule has 2 amide bonds. The molecule has 1 atom stereocenters. The monoisotopic (exact) mass is 565 g/mol. The third-order valence-electron chi connectivity index (χ3n) is 6.13. The number of nitrogens with one attached hydrogen (secondary N) is 1. The van der Waals surface area contributed by atoms with E-state index in [9.17, 15) is 18.0 Å². The van der Waals surface area contributed by atoms with E-state index in [1.807, 2.05) is 65.0 Å². The summed E-state index contributed by atoms with van der Waals surface area (Å²) in [6.07, 6.45) is 0.356. The number of hydrogen-bond acceptors (Lipinski definition) is 5. The van der Waals surface area contributed by atoms with Crippen molar-refractivity contribution < 1.29 is 22.7 Å². The molecule has 0 aliphatic heterocycles. The van der Waals surface area contributed by atoms with E-state index < -0.39 is 34.1 Å². The van der Waals surface area contributed by atoms with Crippen LogP contribution in [0.5, 0.6) is 5.75 Å². The Balaban J connectivity index is 2.04. The third kappa shape index (κ3) is 8.08. The van der Waals surface area contributed by atoms with Crippen LogP contribution in [-0.2, 0) is 26.2 Å². The quantitative estimate of drug-likeness (QED) is 0.333. The van der Waals surface area contributed by atoms with Crippen LogP contribution in [0.15, 0.2) is 89.8 Å². The van der Waals surface area contributed by atoms with Crippen molar-refractivity contribution in [2.75, 3.05) is 17.5 Å². The van der Waals surface area contributed by atoms with Crippen LogP contribution in [0.25, 0.3) is 0 Å². The Morgan fingerprint density at radius 2 is 1.45 bits per heavy atom. The zero-order valence-corrected chi connectivity index (χ0v) is 24.6. The Morgan fingerprint density at radius 3 is 1.98 bits per heavy atom. The summed E-state index contributed by atoms with van der Waals surface area (Å²) >= 11 is 0. The molecule has 0 unspecified atom stereocenters. The van der Waals surface area contributed by atoms with Crippen molar-refractivity contribution in [3.63, 3.8) is 0 Å². The van der Waals surface area contributed by atoms with E-state index in [4.69, 9.17) is 4.74 Å². The van der Waals surface area contributed by atoms with Crippen molar-refractivity contribution in [1.82, 2.24) is 10.2 Å². The number of nitrogens with zero attached hydrogens (tertiary/aromatic N) is 2. The van der Waals surface area contributed by atoms with Gasteiger partial charge in [0.05, 0.1) is 17.2 Å². The highest BCUT2D eigenvalue weighted by atomic mass is 32.2. The van der Waals surface area contributed by atoms with Crippen molar-refractivity contribution in [3.05, 3.63) is 90.5 Å². The number of carbonyl (C=O) groups excluding carboxylic acids is 2. The summed E-state index contributed by atoms with van der Waals surface area (Å²) in [7, 11) is -4.12. The van der Waals surface area contributed by atoms with Gasteiger partial charge in [0.15, 0.2) is 0 Å². The molecule has 9 heteroatoms. The van der Waals surface area contributed by atoms with Gasteiger partial charge in [-0.25, -0.2) is 8.42 Å². The molecule has 0 heterocycles. The molecule has 3 rings (SSSR count). The Labute approximate surface area is 238 Å². The highest BCUT2D eigenvalue weighted by Crippen LogP contribution is 2.27. The van der Waals surface area contributed by atoms with Gasteiger partial charge in [0, 0.05) is 12.1 Å². The summed E-state index contributed by atoms with van der Waals surface area (Å²) in [6.45, 7) is 9.45. The second-order valence-corrected chi connectivity index (χ2v) is 12.3. The zero-order valence-electron chi connectivity index (χ0n) is 23.8. The molecule has 0 aliphatic rings. The summed E-state index contributed by atoms with van der Waals surface area (Å²) in [5, 5.41) is 2.97. The van der Waals surface area contributed by atoms with E-state index in [0.717, 1.165) is 9.87 Å². The van der Waals surface area contributed by atoms with Crippen LogP contribution >= 0.6 is 0 Å². The van der Waals surface area contributed by atoms with E-state index in [1.165, 1.54) is 17.0 Å². The molecule has 1 N–H and O–H groups in total. The standard InChI is InChI=1S/C31H39N3O5S/c1-6-28(30(36)32-31(3,4)5)33(22-24-14-10-8-11-15-24)29(35)23-34(25-18-20-26(21-19-25)39-7-2)40(37,38)27-16-12-9-13-17-27/h8-21,28H,6-7,22-23H2,1-5H3,(H,32,36)/t28-/m0/s1. The number of carbonyl (C=O) groups is 2. The molecular formula is C31H39N3O5S. The van der Waals surface area contributed by atoms with Gasteiger partial charge in [-0.05, 0) is 76.1 Å². The Hall–Kier alpha value is -3.85. The van der Waals surface area contributed by atoms with Gasteiger partial charge in [0.2, 0.25) is 11.8 Å². The van der Waals surface area contributed by atoms with Crippen molar-refractivity contribution in [2.24, 2.45) is 0 Å². The molecule has 3 aromatic rings. The first-order valence-corrected chi connectivity index (χ1v) is 14.9. The lowest BCUT2D eigenvalue weighted by Gasteiger charge is -2.34. The third-order valence-corrected chi connectivity index (χ3v) is 7.91. The summed E-state index contributed by atoms with van der Waals surface area (Å²) in [4.78, 5) is 28.9. The Kier molecular flexibility index (Phi) is 10.3. The second kappa shape index (κ2) is 13.5. The van der Waals surface area contributed by atoms with Gasteiger partial charge in [-0.3, -0.25) is 13.9 Å². The predicted molar refractivity (Wildman–Crippen MR) is 158 cm³/mol. The fourth-order valence-electron chi connectivity index (χ4n) is 4.28. The van der Waals surface area contributed by atoms with E-state index in [0.29, 0.717) is 24.5 Å². The molecule has 0 aliphatic carbocycles. The van der Waals surface area contributed by atoms with Crippen LogP contribution in [0.3, 0.4) is 0 Å². The van der Waals surface area contributed by atoms with Gasteiger partial charge < -0.3 is 15.0 Å². The predicted octanol–water partition coefficient (Wildman–Crippen LogP) is 5.00. The number of amides is 2. The Bertz CT molecular complexity index is 1360. The van der Waals surface area contributed by atoms with Crippen LogP contribution in [-0.4, -0.2) is 49.9 Å². The summed E-state index contributed by atoms with van der Waals surface area (Å²) in [5.74, 6) is -0.198. The summed E-state index contributed by atoms with van der Waals surface area (Å²) in [6, 6.07) is 23.1. The molecule has 214 valence electrons. The summed E-state index contributed by atoms with van der Waals surface area (Å²) in [5.41, 5.74) is 0.639. The van der Waals surface area contributed by atoms with Crippen LogP contribution < -0.4 is 14.4 Å². The van der Waals surface area contributed by atoms with Crippen LogP contribution in [0.4, 0.5) is 5.69 Å². The van der Waals surface area contributed by atoms with E-state index >= 15 is 0 Å². The maximum atomic E-state index is 14.1. The van der Waals surface area contributed by atoms with Crippen LogP contribution in [0.2, 0.25) is 0 Å². The maximum absolute atomic E-state index is 14.1. The van der Waals surface area contributed by atoms with Gasteiger partial charge >= 0.3 is 0 Å². The lowest BCUT2D eigenvalue weighted by molar-refractivity contribution is -0.141. The zero-order chi connectivity index (χ0) is 29.3. The molecule has 0 bridgehead atoms. The Morgan fingerprint density at radius 1 is 0.875 bits per heavy atom. The van der Waals surface area contributed by atoms with E-state index in [-0.39, 0.29) is 17.3 Å². The molecule has 3 aromatic carbocycles.